The first-order valence-corrected chi connectivity index (χ1v) is 9.16. The van der Waals surface area contributed by atoms with E-state index in [1.807, 2.05) is 67.8 Å². The number of aromatic nitrogens is 1. The molecule has 0 fully saturated rings. The lowest BCUT2D eigenvalue weighted by Gasteiger charge is -2.33. The molecule has 1 amide bonds. The Hall–Kier alpha value is -2.97. The summed E-state index contributed by atoms with van der Waals surface area (Å²) >= 11 is 1.39. The van der Waals surface area contributed by atoms with E-state index in [4.69, 9.17) is 0 Å². The largest absolute Gasteiger partial charge is 0.301 e. The Morgan fingerprint density at radius 3 is 2.54 bits per heavy atom. The molecule has 2 aromatic carbocycles. The highest BCUT2D eigenvalue weighted by atomic mass is 32.1. The minimum atomic E-state index is -0.749. The van der Waals surface area contributed by atoms with Gasteiger partial charge in [-0.05, 0) is 23.3 Å². The Bertz CT molecular complexity index is 927. The van der Waals surface area contributed by atoms with Gasteiger partial charge < -0.3 is 5.32 Å². The van der Waals surface area contributed by atoms with Crippen LogP contribution in [0.3, 0.4) is 0 Å². The van der Waals surface area contributed by atoms with Crippen LogP contribution in [-0.2, 0) is 4.79 Å². The molecule has 0 aliphatic heterocycles. The molecule has 0 bridgehead atoms. The number of hydrogen-bond acceptors (Lipinski definition) is 4. The Kier molecular flexibility index (Phi) is 5.15. The van der Waals surface area contributed by atoms with Crippen molar-refractivity contribution in [2.45, 2.75) is 19.8 Å². The smallest absolute Gasteiger partial charge is 0.232 e. The van der Waals surface area contributed by atoms with Gasteiger partial charge in [-0.25, -0.2) is 4.98 Å². The maximum absolute atomic E-state index is 13.1. The average molecular weight is 361 g/mol. The molecule has 1 unspecified atom stereocenters. The van der Waals surface area contributed by atoms with Crippen LogP contribution >= 0.6 is 11.3 Å². The third-order valence-electron chi connectivity index (χ3n) is 4.44. The van der Waals surface area contributed by atoms with Gasteiger partial charge in [0.15, 0.2) is 5.13 Å². The number of benzene rings is 2. The number of nitrogens with zero attached hydrogens (tertiary/aromatic N) is 2. The summed E-state index contributed by atoms with van der Waals surface area (Å²) in [5, 5.41) is 14.6. The Morgan fingerprint density at radius 2 is 1.88 bits per heavy atom. The molecular weight excluding hydrogens is 342 g/mol. The molecule has 1 atom stereocenters. The van der Waals surface area contributed by atoms with Gasteiger partial charge in [-0.1, -0.05) is 56.3 Å². The van der Waals surface area contributed by atoms with E-state index in [0.29, 0.717) is 10.7 Å². The maximum atomic E-state index is 13.1. The summed E-state index contributed by atoms with van der Waals surface area (Å²) in [6, 6.07) is 19.6. The number of carbonyl (C=O) groups excluding carboxylic acids is 1. The van der Waals surface area contributed by atoms with Crippen molar-refractivity contribution < 1.29 is 4.79 Å². The summed E-state index contributed by atoms with van der Waals surface area (Å²) in [6.45, 7) is 3.85. The molecule has 1 aromatic heterocycles. The molecule has 5 heteroatoms. The SMILES string of the molecule is CC(C)(C(=O)Nc1nccs1)C(c1ccccc1)c1cccc(C#N)c1. The quantitative estimate of drug-likeness (QED) is 0.709. The predicted octanol–water partition coefficient (Wildman–Crippen LogP) is 4.81. The van der Waals surface area contributed by atoms with E-state index in [0.717, 1.165) is 11.1 Å². The molecule has 0 aliphatic rings. The van der Waals surface area contributed by atoms with Gasteiger partial charge in [0.25, 0.3) is 0 Å². The van der Waals surface area contributed by atoms with Crippen LogP contribution in [0.15, 0.2) is 66.2 Å². The first-order valence-electron chi connectivity index (χ1n) is 8.28. The molecule has 0 saturated carbocycles. The number of carbonyl (C=O) groups is 1. The number of nitriles is 1. The van der Waals surface area contributed by atoms with Gasteiger partial charge in [0.05, 0.1) is 17.0 Å². The summed E-state index contributed by atoms with van der Waals surface area (Å²) in [5.74, 6) is -0.305. The van der Waals surface area contributed by atoms with Crippen molar-refractivity contribution in [1.29, 1.82) is 5.26 Å². The lowest BCUT2D eigenvalue weighted by molar-refractivity contribution is -0.124. The molecule has 4 nitrogen and oxygen atoms in total. The lowest BCUT2D eigenvalue weighted by Crippen LogP contribution is -2.37. The Labute approximate surface area is 157 Å². The second kappa shape index (κ2) is 7.51. The summed E-state index contributed by atoms with van der Waals surface area (Å²) < 4.78 is 0. The van der Waals surface area contributed by atoms with Gasteiger partial charge in [0.1, 0.15) is 0 Å². The van der Waals surface area contributed by atoms with E-state index in [2.05, 4.69) is 16.4 Å². The van der Waals surface area contributed by atoms with Crippen molar-refractivity contribution in [3.63, 3.8) is 0 Å². The van der Waals surface area contributed by atoms with Gasteiger partial charge in [0, 0.05) is 17.5 Å². The van der Waals surface area contributed by atoms with Crippen LogP contribution in [0.5, 0.6) is 0 Å². The molecule has 3 aromatic rings. The lowest BCUT2D eigenvalue weighted by atomic mass is 9.70. The van der Waals surface area contributed by atoms with E-state index >= 15 is 0 Å². The number of nitrogens with one attached hydrogen (secondary N) is 1. The fraction of sp³-hybridized carbons (Fsp3) is 0.190. The second-order valence-electron chi connectivity index (χ2n) is 6.59. The number of thiazole rings is 1. The number of anilines is 1. The molecule has 0 saturated heterocycles. The normalized spacial score (nSPS) is 12.2. The summed E-state index contributed by atoms with van der Waals surface area (Å²) in [6.07, 6.45) is 1.67. The second-order valence-corrected chi connectivity index (χ2v) is 7.49. The molecule has 130 valence electrons. The molecule has 1 heterocycles. The van der Waals surface area contributed by atoms with Crippen LogP contribution in [0.2, 0.25) is 0 Å². The van der Waals surface area contributed by atoms with E-state index < -0.39 is 5.41 Å². The fourth-order valence-corrected chi connectivity index (χ4v) is 3.66. The maximum Gasteiger partial charge on any atom is 0.232 e. The first-order chi connectivity index (χ1) is 12.5. The van der Waals surface area contributed by atoms with Crippen LogP contribution in [-0.4, -0.2) is 10.9 Å². The van der Waals surface area contributed by atoms with Crippen LogP contribution in [0, 0.1) is 16.7 Å². The predicted molar refractivity (Wildman–Crippen MR) is 104 cm³/mol. The summed E-state index contributed by atoms with van der Waals surface area (Å²) in [4.78, 5) is 17.2. The molecule has 1 N–H and O–H groups in total. The van der Waals surface area contributed by atoms with Crippen LogP contribution in [0.1, 0.15) is 36.5 Å². The van der Waals surface area contributed by atoms with Gasteiger partial charge in [-0.2, -0.15) is 5.26 Å². The van der Waals surface area contributed by atoms with Crippen molar-refractivity contribution in [2.24, 2.45) is 5.41 Å². The molecule has 26 heavy (non-hydrogen) atoms. The highest BCUT2D eigenvalue weighted by Gasteiger charge is 2.39. The standard InChI is InChI=1S/C21H19N3OS/c1-21(2,19(25)24-20-23-11-12-26-20)18(16-8-4-3-5-9-16)17-10-6-7-15(13-17)14-22/h3-13,18H,1-2H3,(H,23,24,25). The molecule has 0 spiro atoms. The highest BCUT2D eigenvalue weighted by Crippen LogP contribution is 2.42. The molecule has 3 rings (SSSR count). The number of amides is 1. The van der Waals surface area contributed by atoms with Crippen molar-refractivity contribution >= 4 is 22.4 Å². The van der Waals surface area contributed by atoms with Crippen molar-refractivity contribution in [1.82, 2.24) is 4.98 Å². The fourth-order valence-electron chi connectivity index (χ4n) is 3.13. The van der Waals surface area contributed by atoms with E-state index in [1.165, 1.54) is 11.3 Å². The van der Waals surface area contributed by atoms with Gasteiger partial charge in [-0.3, -0.25) is 4.79 Å². The monoisotopic (exact) mass is 361 g/mol. The van der Waals surface area contributed by atoms with Gasteiger partial charge >= 0.3 is 0 Å². The van der Waals surface area contributed by atoms with Gasteiger partial charge in [0.2, 0.25) is 5.91 Å². The average Bonchev–Trinajstić information content (AvgIpc) is 3.16. The van der Waals surface area contributed by atoms with Crippen LogP contribution in [0.25, 0.3) is 0 Å². The minimum Gasteiger partial charge on any atom is -0.301 e. The van der Waals surface area contributed by atoms with E-state index in [9.17, 15) is 10.1 Å². The summed E-state index contributed by atoms with van der Waals surface area (Å²) in [5.41, 5.74) is 1.80. The van der Waals surface area contributed by atoms with E-state index in [-0.39, 0.29) is 11.8 Å². The van der Waals surface area contributed by atoms with Crippen molar-refractivity contribution in [3.8, 4) is 6.07 Å². The Balaban J connectivity index is 2.04. The molecule has 0 radical (unpaired) electrons. The Morgan fingerprint density at radius 1 is 1.15 bits per heavy atom. The molecule has 0 aliphatic carbocycles. The zero-order valence-corrected chi connectivity index (χ0v) is 15.5. The summed E-state index contributed by atoms with van der Waals surface area (Å²) in [7, 11) is 0. The minimum absolute atomic E-state index is 0.108. The third-order valence-corrected chi connectivity index (χ3v) is 5.13. The first kappa shape index (κ1) is 17.8. The zero-order chi connectivity index (χ0) is 18.6. The molecular formula is C21H19N3OS. The third kappa shape index (κ3) is 3.66. The van der Waals surface area contributed by atoms with Crippen molar-refractivity contribution in [2.75, 3.05) is 5.32 Å². The van der Waals surface area contributed by atoms with Crippen LogP contribution in [0.4, 0.5) is 5.13 Å². The van der Waals surface area contributed by atoms with Gasteiger partial charge in [-0.15, -0.1) is 11.3 Å². The van der Waals surface area contributed by atoms with E-state index in [1.54, 1.807) is 12.3 Å². The number of rotatable bonds is 5. The van der Waals surface area contributed by atoms with Crippen LogP contribution < -0.4 is 5.32 Å². The highest BCUT2D eigenvalue weighted by molar-refractivity contribution is 7.13. The topological polar surface area (TPSA) is 65.8 Å². The zero-order valence-electron chi connectivity index (χ0n) is 14.6. The number of hydrogen-bond donors (Lipinski definition) is 1. The van der Waals surface area contributed by atoms with Crippen molar-refractivity contribution in [3.05, 3.63) is 82.9 Å².